The van der Waals surface area contributed by atoms with Gasteiger partial charge in [-0.1, -0.05) is 59.3 Å². The fourth-order valence-corrected chi connectivity index (χ4v) is 3.42. The molecular weight excluding hydrogens is 394 g/mol. The van der Waals surface area contributed by atoms with E-state index in [4.69, 9.17) is 16.9 Å². The zero-order valence-corrected chi connectivity index (χ0v) is 16.8. The van der Waals surface area contributed by atoms with Crippen LogP contribution in [0.2, 0.25) is 5.02 Å². The van der Waals surface area contributed by atoms with Crippen LogP contribution in [0.5, 0.6) is 0 Å². The van der Waals surface area contributed by atoms with Crippen LogP contribution in [0.3, 0.4) is 0 Å². The Morgan fingerprint density at radius 3 is 2.79 bits per heavy atom. The fraction of sp³-hybridized carbons (Fsp3) is 0.200. The number of nitrogens with one attached hydrogen (secondary N) is 1. The molecule has 1 N–H and O–H groups in total. The fourth-order valence-electron chi connectivity index (χ4n) is 2.56. The number of halogens is 1. The third kappa shape index (κ3) is 5.12. The maximum absolute atomic E-state index is 12.7. The van der Waals surface area contributed by atoms with Crippen molar-refractivity contribution in [1.29, 1.82) is 5.26 Å². The lowest BCUT2D eigenvalue weighted by molar-refractivity contribution is -0.116. The van der Waals surface area contributed by atoms with Crippen molar-refractivity contribution in [3.8, 4) is 17.5 Å². The Bertz CT molecular complexity index is 996. The molecule has 3 rings (SSSR count). The van der Waals surface area contributed by atoms with Gasteiger partial charge in [-0.3, -0.25) is 9.89 Å². The predicted molar refractivity (Wildman–Crippen MR) is 111 cm³/mol. The first-order valence-corrected chi connectivity index (χ1v) is 9.98. The molecule has 0 radical (unpaired) electrons. The summed E-state index contributed by atoms with van der Waals surface area (Å²) in [6.07, 6.45) is 0.237. The molecule has 0 saturated carbocycles. The molecule has 0 unspecified atom stereocenters. The van der Waals surface area contributed by atoms with Crippen molar-refractivity contribution < 1.29 is 4.79 Å². The summed E-state index contributed by atoms with van der Waals surface area (Å²) < 4.78 is 0. The summed E-state index contributed by atoms with van der Waals surface area (Å²) >= 11 is 7.29. The molecule has 0 atom stereocenters. The number of carbonyl (C=O) groups is 1. The molecule has 28 heavy (non-hydrogen) atoms. The minimum absolute atomic E-state index is 0.135. The van der Waals surface area contributed by atoms with Crippen molar-refractivity contribution in [3.63, 3.8) is 0 Å². The molecule has 1 aromatic heterocycles. The van der Waals surface area contributed by atoms with Gasteiger partial charge in [-0.05, 0) is 25.1 Å². The van der Waals surface area contributed by atoms with E-state index in [1.54, 1.807) is 29.2 Å². The number of rotatable bonds is 7. The van der Waals surface area contributed by atoms with E-state index < -0.39 is 0 Å². The highest BCUT2D eigenvalue weighted by molar-refractivity contribution is 7.99. The average molecular weight is 412 g/mol. The van der Waals surface area contributed by atoms with Gasteiger partial charge in [0.05, 0.1) is 18.2 Å². The normalized spacial score (nSPS) is 10.5. The van der Waals surface area contributed by atoms with Gasteiger partial charge in [-0.2, -0.15) is 5.26 Å². The second-order valence-electron chi connectivity index (χ2n) is 6.05. The van der Waals surface area contributed by atoms with Crippen LogP contribution in [0.15, 0.2) is 53.7 Å². The number of nitrogens with zero attached hydrogens (tertiary/aromatic N) is 4. The highest BCUT2D eigenvalue weighted by Gasteiger charge is 2.17. The number of carbonyl (C=O) groups excluding carboxylic acids is 1. The van der Waals surface area contributed by atoms with Gasteiger partial charge in [0.25, 0.3) is 0 Å². The van der Waals surface area contributed by atoms with Crippen LogP contribution >= 0.6 is 23.4 Å². The second kappa shape index (κ2) is 9.40. The Hall–Kier alpha value is -2.82. The molecule has 0 aliphatic heterocycles. The largest absolute Gasteiger partial charge is 0.311 e. The average Bonchev–Trinajstić information content (AvgIpc) is 3.16. The summed E-state index contributed by atoms with van der Waals surface area (Å²) in [5.74, 6) is 0.679. The van der Waals surface area contributed by atoms with E-state index in [1.807, 2.05) is 31.2 Å². The number of nitriles is 1. The zero-order chi connectivity index (χ0) is 19.9. The van der Waals surface area contributed by atoms with Crippen molar-refractivity contribution in [3.05, 3.63) is 59.1 Å². The lowest BCUT2D eigenvalue weighted by Gasteiger charge is -2.21. The van der Waals surface area contributed by atoms with Gasteiger partial charge in [-0.25, -0.2) is 4.98 Å². The summed E-state index contributed by atoms with van der Waals surface area (Å²) in [7, 11) is 0. The van der Waals surface area contributed by atoms with E-state index in [9.17, 15) is 4.79 Å². The van der Waals surface area contributed by atoms with E-state index >= 15 is 0 Å². The number of hydrogen-bond donors (Lipinski definition) is 1. The van der Waals surface area contributed by atoms with Crippen molar-refractivity contribution in [2.24, 2.45) is 0 Å². The highest BCUT2D eigenvalue weighted by atomic mass is 35.5. The van der Waals surface area contributed by atoms with E-state index in [0.29, 0.717) is 28.2 Å². The van der Waals surface area contributed by atoms with E-state index in [1.165, 1.54) is 17.3 Å². The monoisotopic (exact) mass is 411 g/mol. The number of anilines is 1. The van der Waals surface area contributed by atoms with Crippen molar-refractivity contribution in [2.45, 2.75) is 18.5 Å². The van der Waals surface area contributed by atoms with Crippen LogP contribution in [-0.4, -0.2) is 33.4 Å². The molecule has 3 aromatic rings. The van der Waals surface area contributed by atoms with Gasteiger partial charge >= 0.3 is 0 Å². The summed E-state index contributed by atoms with van der Waals surface area (Å²) in [5, 5.41) is 17.0. The molecule has 2 aromatic carbocycles. The van der Waals surface area contributed by atoms with Gasteiger partial charge in [0.2, 0.25) is 11.1 Å². The van der Waals surface area contributed by atoms with Gasteiger partial charge in [0.15, 0.2) is 5.82 Å². The Labute approximate surface area is 172 Å². The SMILES string of the molecule is Cc1ccc(-c2nc(SCC(=O)N(CCC#N)c3cccc(Cl)c3)n[nH]2)cc1. The van der Waals surface area contributed by atoms with Crippen molar-refractivity contribution >= 4 is 35.0 Å². The zero-order valence-electron chi connectivity index (χ0n) is 15.2. The number of amides is 1. The first-order valence-electron chi connectivity index (χ1n) is 8.62. The van der Waals surface area contributed by atoms with Gasteiger partial charge in [-0.15, -0.1) is 5.10 Å². The van der Waals surface area contributed by atoms with Crippen molar-refractivity contribution in [1.82, 2.24) is 15.2 Å². The molecule has 6 nitrogen and oxygen atoms in total. The minimum Gasteiger partial charge on any atom is -0.311 e. The van der Waals surface area contributed by atoms with Gasteiger partial charge < -0.3 is 4.90 Å². The first-order chi connectivity index (χ1) is 13.6. The van der Waals surface area contributed by atoms with Gasteiger partial charge in [0.1, 0.15) is 0 Å². The Balaban J connectivity index is 1.67. The third-order valence-corrected chi connectivity index (χ3v) is 5.05. The number of benzene rings is 2. The molecular formula is C20H18ClN5OS. The van der Waals surface area contributed by atoms with Crippen LogP contribution in [0.4, 0.5) is 5.69 Å². The van der Waals surface area contributed by atoms with Crippen LogP contribution in [0.1, 0.15) is 12.0 Å². The molecule has 1 heterocycles. The molecule has 0 aliphatic carbocycles. The smallest absolute Gasteiger partial charge is 0.237 e. The number of hydrogen-bond acceptors (Lipinski definition) is 5. The molecule has 0 fully saturated rings. The molecule has 0 saturated heterocycles. The lowest BCUT2D eigenvalue weighted by atomic mass is 10.1. The quantitative estimate of drug-likeness (QED) is 0.579. The number of aromatic nitrogens is 3. The summed E-state index contributed by atoms with van der Waals surface area (Å²) in [5.41, 5.74) is 2.77. The maximum Gasteiger partial charge on any atom is 0.237 e. The molecule has 1 amide bonds. The number of H-pyrrole nitrogens is 1. The lowest BCUT2D eigenvalue weighted by Crippen LogP contribution is -2.33. The number of aromatic amines is 1. The number of aryl methyl sites for hydroxylation is 1. The van der Waals surface area contributed by atoms with E-state index in [-0.39, 0.29) is 18.1 Å². The predicted octanol–water partition coefficient (Wildman–Crippen LogP) is 4.47. The molecule has 0 bridgehead atoms. The third-order valence-electron chi connectivity index (χ3n) is 3.98. The highest BCUT2D eigenvalue weighted by Crippen LogP contribution is 2.23. The summed E-state index contributed by atoms with van der Waals surface area (Å²) in [6, 6.07) is 17.1. The first kappa shape index (κ1) is 19.9. The minimum atomic E-state index is -0.135. The second-order valence-corrected chi connectivity index (χ2v) is 7.43. The van der Waals surface area contributed by atoms with Crippen LogP contribution in [0, 0.1) is 18.3 Å². The molecule has 142 valence electrons. The Morgan fingerprint density at radius 1 is 1.29 bits per heavy atom. The molecule has 8 heteroatoms. The van der Waals surface area contributed by atoms with Crippen LogP contribution in [-0.2, 0) is 4.79 Å². The van der Waals surface area contributed by atoms with Gasteiger partial charge in [0, 0.05) is 22.8 Å². The summed E-state index contributed by atoms with van der Waals surface area (Å²) in [6.45, 7) is 2.33. The van der Waals surface area contributed by atoms with Crippen LogP contribution in [0.25, 0.3) is 11.4 Å². The molecule has 0 aliphatic rings. The Kier molecular flexibility index (Phi) is 6.69. The van der Waals surface area contributed by atoms with Crippen molar-refractivity contribution in [2.75, 3.05) is 17.2 Å². The Morgan fingerprint density at radius 2 is 2.07 bits per heavy atom. The molecule has 0 spiro atoms. The van der Waals surface area contributed by atoms with Crippen LogP contribution < -0.4 is 4.90 Å². The maximum atomic E-state index is 12.7. The topological polar surface area (TPSA) is 85.7 Å². The summed E-state index contributed by atoms with van der Waals surface area (Å²) in [4.78, 5) is 18.7. The number of thioether (sulfide) groups is 1. The van der Waals surface area contributed by atoms with E-state index in [0.717, 1.165) is 5.56 Å². The standard InChI is InChI=1S/C20H18ClN5OS/c1-14-6-8-15(9-7-14)19-23-20(25-24-19)28-13-18(27)26(11-3-10-22)17-5-2-4-16(21)12-17/h2,4-9,12H,3,11,13H2,1H3,(H,23,24,25). The van der Waals surface area contributed by atoms with E-state index in [2.05, 4.69) is 21.3 Å².